The molecule has 4 rings (SSSR count). The Morgan fingerprint density at radius 2 is 1.86 bits per heavy atom. The smallest absolute Gasteiger partial charge is 0.337 e. The summed E-state index contributed by atoms with van der Waals surface area (Å²) in [7, 11) is 4.59. The summed E-state index contributed by atoms with van der Waals surface area (Å²) in [6.45, 7) is 0.420. The number of methoxy groups -OCH3 is 2. The van der Waals surface area contributed by atoms with Crippen molar-refractivity contribution in [3.63, 3.8) is 0 Å². The van der Waals surface area contributed by atoms with Crippen LogP contribution in [0.3, 0.4) is 0 Å². The van der Waals surface area contributed by atoms with Crippen LogP contribution in [0.5, 0.6) is 11.5 Å². The zero-order valence-electron chi connectivity index (χ0n) is 19.9. The second-order valence-corrected chi connectivity index (χ2v) is 9.89. The van der Waals surface area contributed by atoms with Gasteiger partial charge in [0.05, 0.1) is 33.9 Å². The van der Waals surface area contributed by atoms with Gasteiger partial charge in [0.15, 0.2) is 16.7 Å². The molecule has 1 heterocycles. The van der Waals surface area contributed by atoms with Crippen LogP contribution < -0.4 is 9.47 Å². The lowest BCUT2D eigenvalue weighted by Crippen LogP contribution is -2.23. The molecule has 0 saturated carbocycles. The molecule has 0 aromatic heterocycles. The van der Waals surface area contributed by atoms with E-state index in [9.17, 15) is 9.59 Å². The van der Waals surface area contributed by atoms with Crippen LogP contribution >= 0.6 is 34.4 Å². The van der Waals surface area contributed by atoms with Crippen molar-refractivity contribution in [2.45, 2.75) is 6.61 Å². The first-order valence-electron chi connectivity index (χ1n) is 10.9. The van der Waals surface area contributed by atoms with Crippen LogP contribution in [-0.2, 0) is 16.1 Å². The Kier molecular flexibility index (Phi) is 8.32. The topological polar surface area (TPSA) is 77.4 Å². The quantitative estimate of drug-likeness (QED) is 0.188. The van der Waals surface area contributed by atoms with Gasteiger partial charge in [0.25, 0.3) is 5.91 Å². The third-order valence-electron chi connectivity index (χ3n) is 5.27. The molecule has 0 radical (unpaired) electrons. The number of esters is 1. The van der Waals surface area contributed by atoms with Crippen LogP contribution in [-0.4, -0.2) is 43.2 Å². The number of amidine groups is 1. The van der Waals surface area contributed by atoms with Gasteiger partial charge < -0.3 is 14.2 Å². The van der Waals surface area contributed by atoms with E-state index in [0.29, 0.717) is 39.4 Å². The molecule has 0 unspecified atom stereocenters. The molecule has 0 N–H and O–H groups in total. The van der Waals surface area contributed by atoms with E-state index in [4.69, 9.17) is 14.2 Å². The highest BCUT2D eigenvalue weighted by atomic mass is 127. The number of rotatable bonds is 7. The first kappa shape index (κ1) is 25.8. The Labute approximate surface area is 227 Å². The summed E-state index contributed by atoms with van der Waals surface area (Å²) in [6, 6.07) is 20.5. The summed E-state index contributed by atoms with van der Waals surface area (Å²) in [5.74, 6) is 0.628. The molecule has 7 nitrogen and oxygen atoms in total. The number of amides is 1. The van der Waals surface area contributed by atoms with Gasteiger partial charge in [0.2, 0.25) is 0 Å². The first-order valence-corrected chi connectivity index (χ1v) is 12.8. The van der Waals surface area contributed by atoms with Crippen molar-refractivity contribution in [2.24, 2.45) is 4.99 Å². The highest BCUT2D eigenvalue weighted by Gasteiger charge is 2.30. The number of carbonyl (C=O) groups excluding carboxylic acids is 2. The molecule has 3 aromatic rings. The van der Waals surface area contributed by atoms with Crippen LogP contribution in [0, 0.1) is 3.57 Å². The summed E-state index contributed by atoms with van der Waals surface area (Å²) >= 11 is 3.47. The maximum absolute atomic E-state index is 12.9. The lowest BCUT2D eigenvalue weighted by atomic mass is 10.1. The number of halogens is 1. The monoisotopic (exact) mass is 614 g/mol. The van der Waals surface area contributed by atoms with E-state index in [0.717, 1.165) is 14.7 Å². The van der Waals surface area contributed by atoms with Crippen molar-refractivity contribution in [3.8, 4) is 11.5 Å². The molecule has 184 valence electrons. The number of likely N-dealkylation sites (N-methyl/N-ethyl adjacent to an activating group) is 1. The summed E-state index contributed by atoms with van der Waals surface area (Å²) in [6.07, 6.45) is 1.81. The number of aliphatic imine (C=N–C) groups is 1. The maximum atomic E-state index is 12.9. The number of hydrogen-bond donors (Lipinski definition) is 0. The van der Waals surface area contributed by atoms with Crippen molar-refractivity contribution in [1.29, 1.82) is 0 Å². The standard InChI is InChI=1S/C27H23IN2O5S/c1-30-25(31)23(36-27(30)29-20-11-7-10-19(15-20)26(32)34-3)14-18-12-21(28)24(22(13-18)33-2)35-16-17-8-5-4-6-9-17/h4-15H,16H2,1-3H3. The average Bonchev–Trinajstić information content (AvgIpc) is 3.15. The predicted molar refractivity (Wildman–Crippen MR) is 150 cm³/mol. The second-order valence-electron chi connectivity index (χ2n) is 7.72. The fourth-order valence-electron chi connectivity index (χ4n) is 3.43. The minimum Gasteiger partial charge on any atom is -0.493 e. The van der Waals surface area contributed by atoms with Gasteiger partial charge >= 0.3 is 5.97 Å². The highest BCUT2D eigenvalue weighted by Crippen LogP contribution is 2.38. The molecule has 9 heteroatoms. The zero-order chi connectivity index (χ0) is 25.7. The molecule has 3 aromatic carbocycles. The summed E-state index contributed by atoms with van der Waals surface area (Å²) < 4.78 is 17.3. The van der Waals surface area contributed by atoms with Gasteiger partial charge in [-0.05, 0) is 81.9 Å². The molecular weight excluding hydrogens is 591 g/mol. The van der Waals surface area contributed by atoms with Gasteiger partial charge in [0, 0.05) is 7.05 Å². The van der Waals surface area contributed by atoms with E-state index in [1.807, 2.05) is 48.5 Å². The molecule has 0 aliphatic carbocycles. The van der Waals surface area contributed by atoms with Gasteiger partial charge in [-0.3, -0.25) is 9.69 Å². The SMILES string of the molecule is COC(=O)c1cccc(N=C2SC(=Cc3cc(I)c(OCc4ccccc4)c(OC)c3)C(=O)N2C)c1. The predicted octanol–water partition coefficient (Wildman–Crippen LogP) is 5.90. The van der Waals surface area contributed by atoms with Gasteiger partial charge in [-0.25, -0.2) is 9.79 Å². The third kappa shape index (κ3) is 5.90. The Hall–Kier alpha value is -3.31. The molecule has 1 aliphatic rings. The summed E-state index contributed by atoms with van der Waals surface area (Å²) in [5.41, 5.74) is 2.81. The number of nitrogens with zero attached hydrogens (tertiary/aromatic N) is 2. The number of carbonyl (C=O) groups is 2. The number of benzene rings is 3. The maximum Gasteiger partial charge on any atom is 0.337 e. The third-order valence-corrected chi connectivity index (χ3v) is 7.13. The van der Waals surface area contributed by atoms with Crippen LogP contribution in [0.4, 0.5) is 5.69 Å². The number of ether oxygens (including phenoxy) is 3. The molecule has 0 bridgehead atoms. The molecule has 1 fully saturated rings. The van der Waals surface area contributed by atoms with E-state index in [1.54, 1.807) is 38.4 Å². The highest BCUT2D eigenvalue weighted by molar-refractivity contribution is 14.1. The Morgan fingerprint density at radius 1 is 1.08 bits per heavy atom. The normalized spacial score (nSPS) is 15.4. The van der Waals surface area contributed by atoms with Crippen LogP contribution in [0.1, 0.15) is 21.5 Å². The number of hydrogen-bond acceptors (Lipinski definition) is 7. The molecule has 0 atom stereocenters. The fourth-order valence-corrected chi connectivity index (χ4v) is 5.19. The average molecular weight is 614 g/mol. The first-order chi connectivity index (χ1) is 17.4. The van der Waals surface area contributed by atoms with Crippen molar-refractivity contribution >= 4 is 63.2 Å². The fraction of sp³-hybridized carbons (Fsp3) is 0.148. The van der Waals surface area contributed by atoms with Gasteiger partial charge in [-0.1, -0.05) is 36.4 Å². The zero-order valence-corrected chi connectivity index (χ0v) is 22.8. The molecule has 36 heavy (non-hydrogen) atoms. The van der Waals surface area contributed by atoms with Crippen LogP contribution in [0.25, 0.3) is 6.08 Å². The minimum absolute atomic E-state index is 0.166. The molecule has 0 spiro atoms. The van der Waals surface area contributed by atoms with E-state index in [1.165, 1.54) is 23.8 Å². The van der Waals surface area contributed by atoms with E-state index < -0.39 is 5.97 Å². The van der Waals surface area contributed by atoms with Crippen molar-refractivity contribution in [3.05, 3.63) is 91.9 Å². The lowest BCUT2D eigenvalue weighted by Gasteiger charge is -2.14. The Morgan fingerprint density at radius 3 is 2.58 bits per heavy atom. The van der Waals surface area contributed by atoms with E-state index >= 15 is 0 Å². The Balaban J connectivity index is 1.57. The van der Waals surface area contributed by atoms with Crippen molar-refractivity contribution in [1.82, 2.24) is 4.90 Å². The molecule has 1 aliphatic heterocycles. The number of thioether (sulfide) groups is 1. The molecule has 1 amide bonds. The van der Waals surface area contributed by atoms with Crippen molar-refractivity contribution in [2.75, 3.05) is 21.3 Å². The minimum atomic E-state index is -0.444. The van der Waals surface area contributed by atoms with Crippen molar-refractivity contribution < 1.29 is 23.8 Å². The van der Waals surface area contributed by atoms with Gasteiger partial charge in [-0.15, -0.1) is 0 Å². The molecule has 1 saturated heterocycles. The van der Waals surface area contributed by atoms with Crippen LogP contribution in [0.15, 0.2) is 76.6 Å². The molecular formula is C27H23IN2O5S. The van der Waals surface area contributed by atoms with Gasteiger partial charge in [-0.2, -0.15) is 0 Å². The largest absolute Gasteiger partial charge is 0.493 e. The van der Waals surface area contributed by atoms with E-state index in [-0.39, 0.29) is 5.91 Å². The van der Waals surface area contributed by atoms with Crippen LogP contribution in [0.2, 0.25) is 0 Å². The summed E-state index contributed by atoms with van der Waals surface area (Å²) in [4.78, 5) is 31.3. The Bertz CT molecular complexity index is 1360. The summed E-state index contributed by atoms with van der Waals surface area (Å²) in [5, 5.41) is 0.512. The van der Waals surface area contributed by atoms with Gasteiger partial charge in [0.1, 0.15) is 6.61 Å². The second kappa shape index (κ2) is 11.6. The lowest BCUT2D eigenvalue weighted by molar-refractivity contribution is -0.121. The van der Waals surface area contributed by atoms with E-state index in [2.05, 4.69) is 27.6 Å².